The van der Waals surface area contributed by atoms with Gasteiger partial charge in [-0.2, -0.15) is 4.39 Å². The van der Waals surface area contributed by atoms with Gasteiger partial charge >= 0.3 is 5.69 Å². The fraction of sp³-hybridized carbons (Fsp3) is 0.273. The first-order valence-corrected chi connectivity index (χ1v) is 9.99. The van der Waals surface area contributed by atoms with Crippen molar-refractivity contribution in [1.29, 1.82) is 0 Å². The van der Waals surface area contributed by atoms with Gasteiger partial charge in [0.25, 0.3) is 5.91 Å². The number of nitro benzene ring substituents is 1. The molecule has 9 nitrogen and oxygen atoms in total. The minimum Gasteiger partial charge on any atom is -0.363 e. The van der Waals surface area contributed by atoms with E-state index in [-0.39, 0.29) is 23.8 Å². The molecular weight excluding hydrogens is 438 g/mol. The number of aliphatic hydroxyl groups is 1. The molecule has 2 amide bonds. The Morgan fingerprint density at radius 3 is 2.61 bits per heavy atom. The summed E-state index contributed by atoms with van der Waals surface area (Å²) in [6, 6.07) is 6.56. The average Bonchev–Trinajstić information content (AvgIpc) is 3.16. The van der Waals surface area contributed by atoms with Crippen LogP contribution in [0.1, 0.15) is 11.1 Å². The fourth-order valence-electron chi connectivity index (χ4n) is 4.28. The molecule has 0 bridgehead atoms. The van der Waals surface area contributed by atoms with E-state index in [1.54, 1.807) is 0 Å². The zero-order chi connectivity index (χ0) is 24.1. The number of nitrogens with zero attached hydrogens (tertiary/aromatic N) is 3. The maximum atomic E-state index is 14.2. The van der Waals surface area contributed by atoms with Gasteiger partial charge in [0.05, 0.1) is 15.8 Å². The smallest absolute Gasteiger partial charge is 0.314 e. The number of aromatic amines is 1. The van der Waals surface area contributed by atoms with E-state index >= 15 is 0 Å². The average molecular weight is 458 g/mol. The molecule has 0 saturated carbocycles. The Bertz CT molecular complexity index is 1290. The van der Waals surface area contributed by atoms with Gasteiger partial charge < -0.3 is 19.9 Å². The molecule has 0 aliphatic carbocycles. The van der Waals surface area contributed by atoms with Crippen LogP contribution in [0.4, 0.5) is 14.5 Å². The van der Waals surface area contributed by atoms with Crippen molar-refractivity contribution >= 4 is 28.4 Å². The van der Waals surface area contributed by atoms with Gasteiger partial charge in [-0.1, -0.05) is 12.1 Å². The Morgan fingerprint density at radius 2 is 1.94 bits per heavy atom. The van der Waals surface area contributed by atoms with Gasteiger partial charge in [0.15, 0.2) is 0 Å². The minimum absolute atomic E-state index is 0.0110. The normalized spacial score (nSPS) is 21.2. The van der Waals surface area contributed by atoms with Crippen molar-refractivity contribution in [3.05, 3.63) is 75.5 Å². The lowest BCUT2D eigenvalue weighted by Gasteiger charge is -2.47. The first-order valence-electron chi connectivity index (χ1n) is 9.99. The summed E-state index contributed by atoms with van der Waals surface area (Å²) in [5.41, 5.74) is -2.06. The van der Waals surface area contributed by atoms with Crippen LogP contribution in [0, 0.1) is 21.7 Å². The summed E-state index contributed by atoms with van der Waals surface area (Å²) in [4.78, 5) is 41.7. The molecule has 2 atom stereocenters. The number of carbonyl (C=O) groups excluding carboxylic acids is 2. The first kappa shape index (κ1) is 22.3. The summed E-state index contributed by atoms with van der Waals surface area (Å²) in [5.74, 6) is -2.98. The zero-order valence-corrected chi connectivity index (χ0v) is 17.7. The van der Waals surface area contributed by atoms with Gasteiger partial charge in [0, 0.05) is 33.1 Å². The summed E-state index contributed by atoms with van der Waals surface area (Å²) in [6.07, 6.45) is 0.953. The summed E-state index contributed by atoms with van der Waals surface area (Å²) >= 11 is 0. The van der Waals surface area contributed by atoms with Gasteiger partial charge in [-0.15, -0.1) is 0 Å². The second-order valence-electron chi connectivity index (χ2n) is 8.05. The van der Waals surface area contributed by atoms with Gasteiger partial charge in [-0.05, 0) is 35.4 Å². The fourth-order valence-corrected chi connectivity index (χ4v) is 4.28. The molecule has 2 N–H and O–H groups in total. The number of rotatable bonds is 5. The second kappa shape index (κ2) is 7.93. The quantitative estimate of drug-likeness (QED) is 0.448. The lowest BCUT2D eigenvalue weighted by atomic mass is 9.92. The Hall–Kier alpha value is -3.86. The van der Waals surface area contributed by atoms with Crippen molar-refractivity contribution in [3.63, 3.8) is 0 Å². The third-order valence-electron chi connectivity index (χ3n) is 6.09. The molecule has 1 saturated heterocycles. The molecule has 2 aromatic carbocycles. The second-order valence-corrected chi connectivity index (χ2v) is 8.05. The third-order valence-corrected chi connectivity index (χ3v) is 6.09. The summed E-state index contributed by atoms with van der Waals surface area (Å²) < 4.78 is 27.7. The standard InChI is InChI=1S/C22H20F2N4O5/c1-26-17(9-13-11-25-16-7-6-15(24)19(18(13)16)28(32)33)20(29)27(2)22(31,21(26)30)10-12-4-3-5-14(23)8-12/h3-8,11,17,25,31H,9-10H2,1-2H3/t17-,22+/m0/s1. The summed E-state index contributed by atoms with van der Waals surface area (Å²) in [5, 5.41) is 22.6. The molecule has 1 aromatic heterocycles. The number of likely N-dealkylation sites (N-methyl/N-ethyl adjacent to an activating group) is 2. The maximum Gasteiger partial charge on any atom is 0.314 e. The van der Waals surface area contributed by atoms with Crippen molar-refractivity contribution in [3.8, 4) is 0 Å². The Morgan fingerprint density at radius 1 is 1.21 bits per heavy atom. The summed E-state index contributed by atoms with van der Waals surface area (Å²) in [6.45, 7) is 0. The van der Waals surface area contributed by atoms with Crippen molar-refractivity contribution < 1.29 is 28.4 Å². The Balaban J connectivity index is 1.68. The summed E-state index contributed by atoms with van der Waals surface area (Å²) in [7, 11) is 2.59. The van der Waals surface area contributed by atoms with Crippen LogP contribution in [0.25, 0.3) is 10.9 Å². The predicted octanol–water partition coefficient (Wildman–Crippen LogP) is 2.13. The van der Waals surface area contributed by atoms with Crippen molar-refractivity contribution in [1.82, 2.24) is 14.8 Å². The maximum absolute atomic E-state index is 14.2. The van der Waals surface area contributed by atoms with Crippen molar-refractivity contribution in [2.45, 2.75) is 24.6 Å². The molecule has 172 valence electrons. The molecular formula is C22H20F2N4O5. The molecule has 33 heavy (non-hydrogen) atoms. The molecule has 1 aliphatic heterocycles. The molecule has 1 aliphatic rings. The van der Waals surface area contributed by atoms with E-state index in [0.717, 1.165) is 21.9 Å². The Kier molecular flexibility index (Phi) is 5.36. The molecule has 11 heteroatoms. The molecule has 3 aromatic rings. The SMILES string of the molecule is CN1C(=O)[C@](O)(Cc2cccc(F)c2)N(C)C(=O)[C@@H]1Cc1c[nH]c2ccc(F)c([N+](=O)[O-])c12. The minimum atomic E-state index is -2.24. The van der Waals surface area contributed by atoms with Crippen LogP contribution in [0.3, 0.4) is 0 Å². The highest BCUT2D eigenvalue weighted by Gasteiger charge is 2.53. The highest BCUT2D eigenvalue weighted by Crippen LogP contribution is 2.34. The number of piperazine rings is 1. The van der Waals surface area contributed by atoms with Crippen LogP contribution in [-0.4, -0.2) is 62.5 Å². The number of aromatic nitrogens is 1. The van der Waals surface area contributed by atoms with E-state index in [1.165, 1.54) is 44.6 Å². The topological polar surface area (TPSA) is 120 Å². The molecule has 0 radical (unpaired) electrons. The van der Waals surface area contributed by atoms with Crippen LogP contribution in [0.15, 0.2) is 42.6 Å². The van der Waals surface area contributed by atoms with Crippen LogP contribution >= 0.6 is 0 Å². The van der Waals surface area contributed by atoms with Gasteiger partial charge in [0.1, 0.15) is 11.9 Å². The number of benzene rings is 2. The van der Waals surface area contributed by atoms with Crippen molar-refractivity contribution in [2.24, 2.45) is 0 Å². The number of fused-ring (bicyclic) bond motifs is 1. The molecule has 2 heterocycles. The molecule has 4 rings (SSSR count). The highest BCUT2D eigenvalue weighted by molar-refractivity contribution is 5.99. The number of H-pyrrole nitrogens is 1. The van der Waals surface area contributed by atoms with E-state index in [9.17, 15) is 33.6 Å². The molecule has 0 unspecified atom stereocenters. The van der Waals surface area contributed by atoms with E-state index in [0.29, 0.717) is 11.1 Å². The highest BCUT2D eigenvalue weighted by atomic mass is 19.1. The van der Waals surface area contributed by atoms with E-state index in [4.69, 9.17) is 0 Å². The molecule has 0 spiro atoms. The van der Waals surface area contributed by atoms with Gasteiger partial charge in [-0.3, -0.25) is 19.7 Å². The zero-order valence-electron chi connectivity index (χ0n) is 17.7. The number of amides is 2. The third kappa shape index (κ3) is 3.59. The largest absolute Gasteiger partial charge is 0.363 e. The van der Waals surface area contributed by atoms with E-state index in [1.807, 2.05) is 0 Å². The lowest BCUT2D eigenvalue weighted by Crippen LogP contribution is -2.70. The van der Waals surface area contributed by atoms with Crippen molar-refractivity contribution in [2.75, 3.05) is 14.1 Å². The number of hydrogen-bond donors (Lipinski definition) is 2. The lowest BCUT2D eigenvalue weighted by molar-refractivity contribution is -0.385. The number of carbonyl (C=O) groups is 2. The van der Waals surface area contributed by atoms with Gasteiger partial charge in [-0.25, -0.2) is 4.39 Å². The van der Waals surface area contributed by atoms with Crippen LogP contribution in [-0.2, 0) is 22.4 Å². The van der Waals surface area contributed by atoms with E-state index in [2.05, 4.69) is 4.98 Å². The number of nitrogens with one attached hydrogen (secondary N) is 1. The Labute approximate surface area is 186 Å². The monoisotopic (exact) mass is 458 g/mol. The van der Waals surface area contributed by atoms with Crippen LogP contribution < -0.4 is 0 Å². The number of hydrogen-bond acceptors (Lipinski definition) is 5. The van der Waals surface area contributed by atoms with Crippen LogP contribution in [0.5, 0.6) is 0 Å². The van der Waals surface area contributed by atoms with Gasteiger partial charge in [0.2, 0.25) is 17.4 Å². The number of halogens is 2. The number of nitro groups is 1. The van der Waals surface area contributed by atoms with E-state index < -0.39 is 45.8 Å². The predicted molar refractivity (Wildman–Crippen MR) is 113 cm³/mol. The van der Waals surface area contributed by atoms with Crippen LogP contribution in [0.2, 0.25) is 0 Å². The molecule has 1 fully saturated rings. The first-order chi connectivity index (χ1) is 15.5.